The summed E-state index contributed by atoms with van der Waals surface area (Å²) in [4.78, 5) is 12.5. The highest BCUT2D eigenvalue weighted by Gasteiger charge is 2.13. The fraction of sp³-hybridized carbons (Fsp3) is 0.0625. The van der Waals surface area contributed by atoms with E-state index in [-0.39, 0.29) is 5.91 Å². The van der Waals surface area contributed by atoms with Crippen molar-refractivity contribution in [1.82, 2.24) is 0 Å². The first kappa shape index (κ1) is 13.9. The number of hydrogen-bond acceptors (Lipinski definition) is 3. The van der Waals surface area contributed by atoms with Gasteiger partial charge in [-0.15, -0.1) is 11.3 Å². The van der Waals surface area contributed by atoms with E-state index >= 15 is 0 Å². The van der Waals surface area contributed by atoms with Crippen molar-refractivity contribution in [2.75, 3.05) is 11.1 Å². The first-order chi connectivity index (χ1) is 10.1. The molecule has 0 aliphatic heterocycles. The van der Waals surface area contributed by atoms with Crippen molar-refractivity contribution >= 4 is 50.3 Å². The molecule has 2 aromatic carbocycles. The van der Waals surface area contributed by atoms with Gasteiger partial charge in [-0.05, 0) is 30.7 Å². The molecule has 0 spiro atoms. The molecule has 5 heteroatoms. The molecule has 3 rings (SSSR count). The highest BCUT2D eigenvalue weighted by molar-refractivity contribution is 7.17. The SMILES string of the molecule is Cc1cc(N)c(Cl)cc1NC(=O)c1csc2ccccc12. The number of amides is 1. The molecule has 0 bridgehead atoms. The van der Waals surface area contributed by atoms with Crippen molar-refractivity contribution in [3.05, 3.63) is 57.9 Å². The largest absolute Gasteiger partial charge is 0.398 e. The number of halogens is 1. The quantitative estimate of drug-likeness (QED) is 0.673. The van der Waals surface area contributed by atoms with Gasteiger partial charge in [-0.1, -0.05) is 29.8 Å². The fourth-order valence-corrected chi connectivity index (χ4v) is 3.29. The maximum Gasteiger partial charge on any atom is 0.257 e. The molecule has 1 aromatic heterocycles. The highest BCUT2D eigenvalue weighted by Crippen LogP contribution is 2.29. The van der Waals surface area contributed by atoms with Crippen LogP contribution in [0.4, 0.5) is 11.4 Å². The normalized spacial score (nSPS) is 10.8. The van der Waals surface area contributed by atoms with Gasteiger partial charge in [0.05, 0.1) is 16.3 Å². The average Bonchev–Trinajstić information content (AvgIpc) is 2.88. The maximum atomic E-state index is 12.5. The van der Waals surface area contributed by atoms with E-state index in [1.54, 1.807) is 23.5 Å². The lowest BCUT2D eigenvalue weighted by molar-refractivity contribution is 0.102. The lowest BCUT2D eigenvalue weighted by Gasteiger charge is -2.10. The molecular formula is C16H13ClN2OS. The van der Waals surface area contributed by atoms with E-state index in [1.807, 2.05) is 36.6 Å². The summed E-state index contributed by atoms with van der Waals surface area (Å²) in [7, 11) is 0. The molecule has 0 aliphatic carbocycles. The summed E-state index contributed by atoms with van der Waals surface area (Å²) < 4.78 is 1.09. The van der Waals surface area contributed by atoms with Gasteiger partial charge >= 0.3 is 0 Å². The van der Waals surface area contributed by atoms with E-state index < -0.39 is 0 Å². The summed E-state index contributed by atoms with van der Waals surface area (Å²) in [6.07, 6.45) is 0. The smallest absolute Gasteiger partial charge is 0.257 e. The average molecular weight is 317 g/mol. The topological polar surface area (TPSA) is 55.1 Å². The van der Waals surface area contributed by atoms with Crippen LogP contribution in [0.5, 0.6) is 0 Å². The monoisotopic (exact) mass is 316 g/mol. The Balaban J connectivity index is 1.95. The third kappa shape index (κ3) is 2.60. The number of hydrogen-bond donors (Lipinski definition) is 2. The van der Waals surface area contributed by atoms with Crippen LogP contribution in [-0.4, -0.2) is 5.91 Å². The lowest BCUT2D eigenvalue weighted by Crippen LogP contribution is -2.12. The predicted octanol–water partition coefficient (Wildman–Crippen LogP) is 4.70. The zero-order valence-electron chi connectivity index (χ0n) is 11.3. The van der Waals surface area contributed by atoms with E-state index in [2.05, 4.69) is 5.32 Å². The molecule has 3 aromatic rings. The molecule has 1 amide bonds. The van der Waals surface area contributed by atoms with Gasteiger partial charge in [0.15, 0.2) is 0 Å². The number of thiophene rings is 1. The second kappa shape index (κ2) is 5.39. The van der Waals surface area contributed by atoms with E-state index in [4.69, 9.17) is 17.3 Å². The molecular weight excluding hydrogens is 304 g/mol. The third-order valence-electron chi connectivity index (χ3n) is 3.32. The molecule has 0 radical (unpaired) electrons. The maximum absolute atomic E-state index is 12.5. The van der Waals surface area contributed by atoms with Gasteiger partial charge in [0, 0.05) is 21.2 Å². The van der Waals surface area contributed by atoms with Crippen LogP contribution < -0.4 is 11.1 Å². The second-order valence-electron chi connectivity index (χ2n) is 4.79. The van der Waals surface area contributed by atoms with Gasteiger partial charge in [-0.2, -0.15) is 0 Å². The van der Waals surface area contributed by atoms with Crippen molar-refractivity contribution < 1.29 is 4.79 Å². The Kier molecular flexibility index (Phi) is 3.57. The second-order valence-corrected chi connectivity index (χ2v) is 6.11. The van der Waals surface area contributed by atoms with Crippen LogP contribution in [0.3, 0.4) is 0 Å². The molecule has 0 atom stereocenters. The van der Waals surface area contributed by atoms with Gasteiger partial charge < -0.3 is 11.1 Å². The summed E-state index contributed by atoms with van der Waals surface area (Å²) in [6.45, 7) is 1.88. The van der Waals surface area contributed by atoms with Crippen LogP contribution >= 0.6 is 22.9 Å². The number of anilines is 2. The first-order valence-electron chi connectivity index (χ1n) is 6.39. The van der Waals surface area contributed by atoms with Gasteiger partial charge in [0.1, 0.15) is 0 Å². The van der Waals surface area contributed by atoms with Gasteiger partial charge in [-0.25, -0.2) is 0 Å². The Hall–Kier alpha value is -2.04. The predicted molar refractivity (Wildman–Crippen MR) is 90.4 cm³/mol. The lowest BCUT2D eigenvalue weighted by atomic mass is 10.1. The number of carbonyl (C=O) groups excluding carboxylic acids is 1. The summed E-state index contributed by atoms with van der Waals surface area (Å²) in [6, 6.07) is 11.3. The van der Waals surface area contributed by atoms with E-state index in [1.165, 1.54) is 0 Å². The van der Waals surface area contributed by atoms with Gasteiger partial charge in [0.2, 0.25) is 0 Å². The number of nitrogen functional groups attached to an aromatic ring is 1. The highest BCUT2D eigenvalue weighted by atomic mass is 35.5. The summed E-state index contributed by atoms with van der Waals surface area (Å²) in [5.74, 6) is -0.142. The van der Waals surface area contributed by atoms with Crippen LogP contribution in [0.15, 0.2) is 41.8 Å². The molecule has 106 valence electrons. The number of nitrogens with one attached hydrogen (secondary N) is 1. The van der Waals surface area contributed by atoms with Crippen molar-refractivity contribution in [2.24, 2.45) is 0 Å². The number of rotatable bonds is 2. The Labute approximate surface area is 131 Å². The number of aryl methyl sites for hydroxylation is 1. The summed E-state index contributed by atoms with van der Waals surface area (Å²) >= 11 is 7.57. The standard InChI is InChI=1S/C16H13ClN2OS/c1-9-6-13(18)12(17)7-14(9)19-16(20)11-8-21-15-5-3-2-4-10(11)15/h2-8H,18H2,1H3,(H,19,20). The van der Waals surface area contributed by atoms with E-state index in [9.17, 15) is 4.79 Å². The molecule has 3 N–H and O–H groups in total. The van der Waals surface area contributed by atoms with E-state index in [0.717, 1.165) is 15.6 Å². The van der Waals surface area contributed by atoms with Crippen LogP contribution in [0.25, 0.3) is 10.1 Å². The molecule has 0 saturated carbocycles. The van der Waals surface area contributed by atoms with Gasteiger partial charge in [-0.3, -0.25) is 4.79 Å². The number of benzene rings is 2. The van der Waals surface area contributed by atoms with Gasteiger partial charge in [0.25, 0.3) is 5.91 Å². The van der Waals surface area contributed by atoms with Crippen LogP contribution in [0.1, 0.15) is 15.9 Å². The minimum absolute atomic E-state index is 0.142. The van der Waals surface area contributed by atoms with Crippen molar-refractivity contribution in [3.8, 4) is 0 Å². The van der Waals surface area contributed by atoms with Crippen LogP contribution in [0, 0.1) is 6.92 Å². The Morgan fingerprint density at radius 1 is 1.29 bits per heavy atom. The van der Waals surface area contributed by atoms with Crippen molar-refractivity contribution in [2.45, 2.75) is 6.92 Å². The summed E-state index contributed by atoms with van der Waals surface area (Å²) in [5.41, 5.74) is 8.48. The van der Waals surface area contributed by atoms with Crippen LogP contribution in [0.2, 0.25) is 5.02 Å². The molecule has 0 aliphatic rings. The zero-order chi connectivity index (χ0) is 15.0. The summed E-state index contributed by atoms with van der Waals surface area (Å²) in [5, 5.41) is 6.16. The molecule has 3 nitrogen and oxygen atoms in total. The molecule has 0 fully saturated rings. The third-order valence-corrected chi connectivity index (χ3v) is 4.61. The van der Waals surface area contributed by atoms with Crippen molar-refractivity contribution in [3.63, 3.8) is 0 Å². The molecule has 1 heterocycles. The minimum atomic E-state index is -0.142. The zero-order valence-corrected chi connectivity index (χ0v) is 12.9. The Morgan fingerprint density at radius 3 is 2.86 bits per heavy atom. The van der Waals surface area contributed by atoms with E-state index in [0.29, 0.717) is 22.0 Å². The Morgan fingerprint density at radius 2 is 2.05 bits per heavy atom. The number of carbonyl (C=O) groups is 1. The minimum Gasteiger partial charge on any atom is -0.398 e. The molecule has 0 unspecified atom stereocenters. The molecule has 21 heavy (non-hydrogen) atoms. The number of fused-ring (bicyclic) bond motifs is 1. The van der Waals surface area contributed by atoms with Crippen LogP contribution in [-0.2, 0) is 0 Å². The Bertz CT molecular complexity index is 841. The van der Waals surface area contributed by atoms with Crippen molar-refractivity contribution in [1.29, 1.82) is 0 Å². The first-order valence-corrected chi connectivity index (χ1v) is 7.65. The fourth-order valence-electron chi connectivity index (χ4n) is 2.18. The molecule has 0 saturated heterocycles. The number of nitrogens with two attached hydrogens (primary N) is 1.